The number of nitrogens with zero attached hydrogens (tertiary/aromatic N) is 1. The van der Waals surface area contributed by atoms with Gasteiger partial charge in [-0.15, -0.1) is 0 Å². The van der Waals surface area contributed by atoms with Gasteiger partial charge in [0.1, 0.15) is 5.75 Å². The Balaban J connectivity index is 2.10. The molecule has 0 aromatic heterocycles. The third-order valence-electron chi connectivity index (χ3n) is 4.37. The van der Waals surface area contributed by atoms with Gasteiger partial charge in [-0.1, -0.05) is 51.7 Å². The fourth-order valence-electron chi connectivity index (χ4n) is 2.82. The van der Waals surface area contributed by atoms with Gasteiger partial charge in [0.15, 0.2) is 0 Å². The van der Waals surface area contributed by atoms with Crippen LogP contribution >= 0.6 is 0 Å². The predicted molar refractivity (Wildman–Crippen MR) is 96.8 cm³/mol. The van der Waals surface area contributed by atoms with E-state index in [-0.39, 0.29) is 0 Å². The van der Waals surface area contributed by atoms with Crippen LogP contribution < -0.4 is 4.74 Å². The van der Waals surface area contributed by atoms with E-state index in [4.69, 9.17) is 4.74 Å². The quantitative estimate of drug-likeness (QED) is 0.458. The second-order valence-electron chi connectivity index (χ2n) is 6.15. The molecular formula is C20H35NO. The lowest BCUT2D eigenvalue weighted by Crippen LogP contribution is -2.25. The molecule has 2 nitrogen and oxygen atoms in total. The number of ether oxygens (including phenoxy) is 1. The maximum absolute atomic E-state index is 5.20. The number of rotatable bonds is 13. The zero-order valence-electron chi connectivity index (χ0n) is 14.9. The normalized spacial score (nSPS) is 11.1. The van der Waals surface area contributed by atoms with Gasteiger partial charge in [0.25, 0.3) is 0 Å². The molecule has 1 aromatic carbocycles. The highest BCUT2D eigenvalue weighted by molar-refractivity contribution is 5.27. The van der Waals surface area contributed by atoms with Crippen molar-refractivity contribution in [2.24, 2.45) is 0 Å². The lowest BCUT2D eigenvalue weighted by atomic mass is 10.1. The summed E-state index contributed by atoms with van der Waals surface area (Å²) < 4.78 is 5.20. The maximum Gasteiger partial charge on any atom is 0.118 e. The Labute approximate surface area is 137 Å². The van der Waals surface area contributed by atoms with Crippen LogP contribution in [0, 0.1) is 0 Å². The zero-order chi connectivity index (χ0) is 16.0. The van der Waals surface area contributed by atoms with Crippen LogP contribution in [0.15, 0.2) is 24.3 Å². The van der Waals surface area contributed by atoms with E-state index in [1.165, 1.54) is 76.6 Å². The first-order valence-electron chi connectivity index (χ1n) is 9.15. The van der Waals surface area contributed by atoms with Gasteiger partial charge in [-0.2, -0.15) is 0 Å². The largest absolute Gasteiger partial charge is 0.497 e. The smallest absolute Gasteiger partial charge is 0.118 e. The monoisotopic (exact) mass is 305 g/mol. The molecular weight excluding hydrogens is 270 g/mol. The second-order valence-corrected chi connectivity index (χ2v) is 6.15. The number of benzene rings is 1. The first-order valence-corrected chi connectivity index (χ1v) is 9.15. The van der Waals surface area contributed by atoms with Crippen LogP contribution in [-0.2, 0) is 6.42 Å². The molecule has 0 unspecified atom stereocenters. The van der Waals surface area contributed by atoms with E-state index < -0.39 is 0 Å². The van der Waals surface area contributed by atoms with Crippen molar-refractivity contribution in [3.63, 3.8) is 0 Å². The van der Waals surface area contributed by atoms with Gasteiger partial charge in [0.05, 0.1) is 7.11 Å². The molecule has 2 heteroatoms. The molecule has 0 aliphatic carbocycles. The Kier molecular flexibility index (Phi) is 10.8. The Bertz CT molecular complexity index is 360. The van der Waals surface area contributed by atoms with Gasteiger partial charge < -0.3 is 9.64 Å². The van der Waals surface area contributed by atoms with Crippen LogP contribution in [0.5, 0.6) is 5.75 Å². The van der Waals surface area contributed by atoms with Crippen molar-refractivity contribution < 1.29 is 4.74 Å². The predicted octanol–water partition coefficient (Wildman–Crippen LogP) is 5.31. The zero-order valence-corrected chi connectivity index (χ0v) is 14.9. The average molecular weight is 306 g/mol. The van der Waals surface area contributed by atoms with Crippen molar-refractivity contribution in [2.75, 3.05) is 26.7 Å². The number of hydrogen-bond acceptors (Lipinski definition) is 2. The SMILES string of the molecule is CCCCCCCN(CC)CCCCc1ccc(OC)cc1. The summed E-state index contributed by atoms with van der Waals surface area (Å²) >= 11 is 0. The molecule has 0 saturated heterocycles. The standard InChI is InChI=1S/C20H35NO/c1-4-6-7-8-10-17-21(5-2)18-11-9-12-19-13-15-20(22-3)16-14-19/h13-16H,4-12,17-18H2,1-3H3. The van der Waals surface area contributed by atoms with Crippen molar-refractivity contribution in [2.45, 2.75) is 65.2 Å². The molecule has 0 bridgehead atoms. The second kappa shape index (κ2) is 12.5. The molecule has 22 heavy (non-hydrogen) atoms. The minimum atomic E-state index is 0.948. The van der Waals surface area contributed by atoms with Crippen LogP contribution in [0.1, 0.15) is 64.4 Å². The number of unbranched alkanes of at least 4 members (excludes halogenated alkanes) is 5. The summed E-state index contributed by atoms with van der Waals surface area (Å²) in [6, 6.07) is 8.49. The van der Waals surface area contributed by atoms with E-state index >= 15 is 0 Å². The van der Waals surface area contributed by atoms with E-state index in [0.29, 0.717) is 0 Å². The third-order valence-corrected chi connectivity index (χ3v) is 4.37. The third kappa shape index (κ3) is 8.43. The average Bonchev–Trinajstić information content (AvgIpc) is 2.57. The molecule has 0 amide bonds. The number of aryl methyl sites for hydroxylation is 1. The van der Waals surface area contributed by atoms with Crippen molar-refractivity contribution in [3.8, 4) is 5.75 Å². The van der Waals surface area contributed by atoms with Gasteiger partial charge in [-0.05, 0) is 63.0 Å². The fourth-order valence-corrected chi connectivity index (χ4v) is 2.82. The molecule has 0 spiro atoms. The van der Waals surface area contributed by atoms with Crippen molar-refractivity contribution >= 4 is 0 Å². The highest BCUT2D eigenvalue weighted by atomic mass is 16.5. The van der Waals surface area contributed by atoms with Crippen LogP contribution in [0.2, 0.25) is 0 Å². The Morgan fingerprint density at radius 1 is 0.818 bits per heavy atom. The summed E-state index contributed by atoms with van der Waals surface area (Å²) in [7, 11) is 1.72. The van der Waals surface area contributed by atoms with Crippen molar-refractivity contribution in [1.29, 1.82) is 0 Å². The molecule has 0 aliphatic heterocycles. The first-order chi connectivity index (χ1) is 10.8. The molecule has 126 valence electrons. The lowest BCUT2D eigenvalue weighted by Gasteiger charge is -2.20. The molecule has 0 heterocycles. The van der Waals surface area contributed by atoms with Crippen LogP contribution in [0.25, 0.3) is 0 Å². The van der Waals surface area contributed by atoms with E-state index in [1.807, 2.05) is 0 Å². The van der Waals surface area contributed by atoms with Crippen molar-refractivity contribution in [3.05, 3.63) is 29.8 Å². The molecule has 0 fully saturated rings. The van der Waals surface area contributed by atoms with E-state index in [9.17, 15) is 0 Å². The Morgan fingerprint density at radius 2 is 1.45 bits per heavy atom. The summed E-state index contributed by atoms with van der Waals surface area (Å²) in [6.45, 7) is 8.29. The van der Waals surface area contributed by atoms with Crippen LogP contribution in [0.3, 0.4) is 0 Å². The van der Waals surface area contributed by atoms with Gasteiger partial charge >= 0.3 is 0 Å². The Hall–Kier alpha value is -1.02. The molecule has 0 N–H and O–H groups in total. The minimum Gasteiger partial charge on any atom is -0.497 e. The summed E-state index contributed by atoms with van der Waals surface area (Å²) in [5, 5.41) is 0. The Morgan fingerprint density at radius 3 is 2.05 bits per heavy atom. The van der Waals surface area contributed by atoms with E-state index in [1.54, 1.807) is 7.11 Å². The van der Waals surface area contributed by atoms with Gasteiger partial charge in [-0.3, -0.25) is 0 Å². The highest BCUT2D eigenvalue weighted by Gasteiger charge is 2.02. The van der Waals surface area contributed by atoms with Gasteiger partial charge in [0.2, 0.25) is 0 Å². The molecule has 1 aromatic rings. The first kappa shape index (κ1) is 19.0. The fraction of sp³-hybridized carbons (Fsp3) is 0.700. The maximum atomic E-state index is 5.20. The lowest BCUT2D eigenvalue weighted by molar-refractivity contribution is 0.275. The topological polar surface area (TPSA) is 12.5 Å². The molecule has 0 radical (unpaired) electrons. The summed E-state index contributed by atoms with van der Waals surface area (Å²) in [4.78, 5) is 2.61. The molecule has 1 rings (SSSR count). The summed E-state index contributed by atoms with van der Waals surface area (Å²) in [5.74, 6) is 0.948. The summed E-state index contributed by atoms with van der Waals surface area (Å²) in [6.07, 6.45) is 10.7. The minimum absolute atomic E-state index is 0.948. The molecule has 0 saturated carbocycles. The number of hydrogen-bond donors (Lipinski definition) is 0. The van der Waals surface area contributed by atoms with E-state index in [0.717, 1.165) is 5.75 Å². The molecule has 0 atom stereocenters. The highest BCUT2D eigenvalue weighted by Crippen LogP contribution is 2.13. The molecule has 0 aliphatic rings. The van der Waals surface area contributed by atoms with Crippen LogP contribution in [-0.4, -0.2) is 31.6 Å². The van der Waals surface area contributed by atoms with Gasteiger partial charge in [-0.25, -0.2) is 0 Å². The van der Waals surface area contributed by atoms with Gasteiger partial charge in [0, 0.05) is 0 Å². The van der Waals surface area contributed by atoms with Crippen molar-refractivity contribution in [1.82, 2.24) is 4.90 Å². The van der Waals surface area contributed by atoms with Crippen LogP contribution in [0.4, 0.5) is 0 Å². The summed E-state index contributed by atoms with van der Waals surface area (Å²) in [5.41, 5.74) is 1.42. The van der Waals surface area contributed by atoms with E-state index in [2.05, 4.69) is 43.0 Å². The number of methoxy groups -OCH3 is 1.